The molecule has 0 fully saturated rings. The number of aromatic nitrogens is 3. The summed E-state index contributed by atoms with van der Waals surface area (Å²) in [6, 6.07) is 3.11. The molecule has 2 heterocycles. The molecule has 0 spiro atoms. The molecule has 0 aromatic carbocycles. The van der Waals surface area contributed by atoms with E-state index in [4.69, 9.17) is 9.26 Å². The van der Waals surface area contributed by atoms with Gasteiger partial charge in [-0.25, -0.2) is 0 Å². The standard InChI is InChI=1S/C12H16N4O3/c1-8(14-11(17)9-4-3-6-13-9)12-15-10(16-19-12)5-7-18-2/h3-4,6,8,13H,5,7H2,1-2H3,(H,14,17). The van der Waals surface area contributed by atoms with Crippen molar-refractivity contribution in [3.05, 3.63) is 35.7 Å². The maximum Gasteiger partial charge on any atom is 0.268 e. The Kier molecular flexibility index (Phi) is 4.30. The van der Waals surface area contributed by atoms with Crippen LogP contribution in [0.2, 0.25) is 0 Å². The summed E-state index contributed by atoms with van der Waals surface area (Å²) in [5, 5.41) is 6.59. The molecular formula is C12H16N4O3. The number of ether oxygens (including phenoxy) is 1. The third-order valence-corrected chi connectivity index (χ3v) is 2.57. The molecule has 7 nitrogen and oxygen atoms in total. The summed E-state index contributed by atoms with van der Waals surface area (Å²) in [4.78, 5) is 18.8. The number of nitrogens with one attached hydrogen (secondary N) is 2. The van der Waals surface area contributed by atoms with Crippen molar-refractivity contribution in [1.82, 2.24) is 20.4 Å². The largest absolute Gasteiger partial charge is 0.384 e. The molecule has 102 valence electrons. The van der Waals surface area contributed by atoms with Gasteiger partial charge < -0.3 is 19.6 Å². The Bertz CT molecular complexity index is 521. The van der Waals surface area contributed by atoms with Gasteiger partial charge in [-0.3, -0.25) is 4.79 Å². The zero-order valence-corrected chi connectivity index (χ0v) is 10.8. The molecule has 0 aliphatic heterocycles. The van der Waals surface area contributed by atoms with Crippen molar-refractivity contribution in [2.45, 2.75) is 19.4 Å². The molecule has 0 aliphatic carbocycles. The quantitative estimate of drug-likeness (QED) is 0.814. The number of hydrogen-bond acceptors (Lipinski definition) is 5. The van der Waals surface area contributed by atoms with Crippen LogP contribution in [-0.2, 0) is 11.2 Å². The number of amides is 1. The minimum absolute atomic E-state index is 0.214. The Labute approximate surface area is 110 Å². The lowest BCUT2D eigenvalue weighted by molar-refractivity contribution is 0.0928. The highest BCUT2D eigenvalue weighted by Crippen LogP contribution is 2.10. The Hall–Kier alpha value is -2.15. The van der Waals surface area contributed by atoms with E-state index in [0.29, 0.717) is 30.4 Å². The summed E-state index contributed by atoms with van der Waals surface area (Å²) in [7, 11) is 1.61. The van der Waals surface area contributed by atoms with E-state index < -0.39 is 0 Å². The van der Waals surface area contributed by atoms with Crippen LogP contribution < -0.4 is 5.32 Å². The second kappa shape index (κ2) is 6.14. The van der Waals surface area contributed by atoms with E-state index in [1.165, 1.54) is 0 Å². The molecule has 2 aromatic heterocycles. The van der Waals surface area contributed by atoms with Crippen LogP contribution in [0.5, 0.6) is 0 Å². The topological polar surface area (TPSA) is 93.0 Å². The maximum atomic E-state index is 11.8. The minimum atomic E-state index is -0.348. The Morgan fingerprint density at radius 2 is 2.47 bits per heavy atom. The predicted octanol–water partition coefficient (Wildman–Crippen LogP) is 1.08. The van der Waals surface area contributed by atoms with Crippen LogP contribution in [-0.4, -0.2) is 34.7 Å². The SMILES string of the molecule is COCCc1noc(C(C)NC(=O)c2ccc[nH]2)n1. The smallest absolute Gasteiger partial charge is 0.268 e. The zero-order chi connectivity index (χ0) is 13.7. The van der Waals surface area contributed by atoms with Gasteiger partial charge in [0.25, 0.3) is 5.91 Å². The van der Waals surface area contributed by atoms with Crippen molar-refractivity contribution in [2.75, 3.05) is 13.7 Å². The summed E-state index contributed by atoms with van der Waals surface area (Å²) < 4.78 is 10.0. The Morgan fingerprint density at radius 3 is 3.16 bits per heavy atom. The molecule has 7 heteroatoms. The number of rotatable bonds is 6. The summed E-state index contributed by atoms with van der Waals surface area (Å²) in [6.07, 6.45) is 2.27. The van der Waals surface area contributed by atoms with E-state index in [1.54, 1.807) is 32.4 Å². The molecule has 2 rings (SSSR count). The highest BCUT2D eigenvalue weighted by molar-refractivity contribution is 5.92. The number of aromatic amines is 1. The summed E-state index contributed by atoms with van der Waals surface area (Å²) in [5.41, 5.74) is 0.492. The first kappa shape index (κ1) is 13.3. The first-order chi connectivity index (χ1) is 9.20. The fourth-order valence-corrected chi connectivity index (χ4v) is 1.55. The van der Waals surface area contributed by atoms with Crippen molar-refractivity contribution < 1.29 is 14.1 Å². The van der Waals surface area contributed by atoms with Crippen molar-refractivity contribution in [3.63, 3.8) is 0 Å². The summed E-state index contributed by atoms with van der Waals surface area (Å²) in [5.74, 6) is 0.734. The van der Waals surface area contributed by atoms with E-state index in [1.807, 2.05) is 0 Å². The molecule has 2 N–H and O–H groups in total. The van der Waals surface area contributed by atoms with Gasteiger partial charge in [0.2, 0.25) is 5.89 Å². The van der Waals surface area contributed by atoms with Crippen LogP contribution in [0.1, 0.15) is 35.2 Å². The first-order valence-corrected chi connectivity index (χ1v) is 5.96. The van der Waals surface area contributed by atoms with Gasteiger partial charge in [-0.15, -0.1) is 0 Å². The van der Waals surface area contributed by atoms with Crippen LogP contribution in [0.3, 0.4) is 0 Å². The van der Waals surface area contributed by atoms with E-state index in [-0.39, 0.29) is 11.9 Å². The molecule has 2 aromatic rings. The Morgan fingerprint density at radius 1 is 1.63 bits per heavy atom. The number of hydrogen-bond donors (Lipinski definition) is 2. The van der Waals surface area contributed by atoms with Gasteiger partial charge in [0.05, 0.1) is 6.61 Å². The molecule has 1 unspecified atom stereocenters. The third-order valence-electron chi connectivity index (χ3n) is 2.57. The second-order valence-electron chi connectivity index (χ2n) is 4.07. The number of carbonyl (C=O) groups is 1. The number of nitrogens with zero attached hydrogens (tertiary/aromatic N) is 2. The van der Waals surface area contributed by atoms with Crippen molar-refractivity contribution in [3.8, 4) is 0 Å². The van der Waals surface area contributed by atoms with Gasteiger partial charge in [0.15, 0.2) is 5.82 Å². The average Bonchev–Trinajstić information content (AvgIpc) is 3.07. The fraction of sp³-hybridized carbons (Fsp3) is 0.417. The van der Waals surface area contributed by atoms with E-state index >= 15 is 0 Å². The van der Waals surface area contributed by atoms with Crippen molar-refractivity contribution in [1.29, 1.82) is 0 Å². The molecule has 0 radical (unpaired) electrons. The zero-order valence-electron chi connectivity index (χ0n) is 10.8. The predicted molar refractivity (Wildman–Crippen MR) is 66.6 cm³/mol. The monoisotopic (exact) mass is 264 g/mol. The summed E-state index contributed by atoms with van der Waals surface area (Å²) in [6.45, 7) is 2.32. The van der Waals surface area contributed by atoms with E-state index in [2.05, 4.69) is 20.4 Å². The first-order valence-electron chi connectivity index (χ1n) is 5.96. The number of H-pyrrole nitrogens is 1. The average molecular weight is 264 g/mol. The minimum Gasteiger partial charge on any atom is -0.384 e. The van der Waals surface area contributed by atoms with E-state index in [9.17, 15) is 4.79 Å². The highest BCUT2D eigenvalue weighted by Gasteiger charge is 2.17. The van der Waals surface area contributed by atoms with Gasteiger partial charge in [0.1, 0.15) is 11.7 Å². The molecule has 0 bridgehead atoms. The number of carbonyl (C=O) groups excluding carboxylic acids is 1. The highest BCUT2D eigenvalue weighted by atomic mass is 16.5. The van der Waals surface area contributed by atoms with Gasteiger partial charge in [-0.1, -0.05) is 5.16 Å². The lowest BCUT2D eigenvalue weighted by atomic mass is 10.3. The fourth-order valence-electron chi connectivity index (χ4n) is 1.55. The normalized spacial score (nSPS) is 12.3. The van der Waals surface area contributed by atoms with Gasteiger partial charge >= 0.3 is 0 Å². The van der Waals surface area contributed by atoms with Crippen LogP contribution in [0.25, 0.3) is 0 Å². The third kappa shape index (κ3) is 3.41. The van der Waals surface area contributed by atoms with Gasteiger partial charge in [-0.2, -0.15) is 4.98 Å². The van der Waals surface area contributed by atoms with Crippen LogP contribution in [0, 0.1) is 0 Å². The molecule has 1 amide bonds. The van der Waals surface area contributed by atoms with Crippen molar-refractivity contribution in [2.24, 2.45) is 0 Å². The second-order valence-corrected chi connectivity index (χ2v) is 4.07. The van der Waals surface area contributed by atoms with E-state index in [0.717, 1.165) is 0 Å². The molecule has 19 heavy (non-hydrogen) atoms. The molecule has 0 saturated carbocycles. The van der Waals surface area contributed by atoms with Gasteiger partial charge in [-0.05, 0) is 19.1 Å². The van der Waals surface area contributed by atoms with Gasteiger partial charge in [0, 0.05) is 19.7 Å². The van der Waals surface area contributed by atoms with Crippen LogP contribution in [0.4, 0.5) is 0 Å². The maximum absolute atomic E-state index is 11.8. The number of methoxy groups -OCH3 is 1. The lowest BCUT2D eigenvalue weighted by Crippen LogP contribution is -2.27. The van der Waals surface area contributed by atoms with Crippen LogP contribution in [0.15, 0.2) is 22.9 Å². The molecule has 0 saturated heterocycles. The van der Waals surface area contributed by atoms with Crippen LogP contribution >= 0.6 is 0 Å². The molecule has 1 atom stereocenters. The Balaban J connectivity index is 1.94. The lowest BCUT2D eigenvalue weighted by Gasteiger charge is -2.08. The summed E-state index contributed by atoms with van der Waals surface area (Å²) >= 11 is 0. The molecule has 0 aliphatic rings. The molecular weight excluding hydrogens is 248 g/mol. The van der Waals surface area contributed by atoms with Crippen molar-refractivity contribution >= 4 is 5.91 Å².